The SMILES string of the molecule is CCOc1cc(C2CCN(CCS(C)(=O)=O)CC2)ccc1Nc1nccc(-c2c(-c3ccc(OC(C)C)c(C(=O)Nc4c(F)cccc4F)c3)nc3ccccn23)n1. The number of ether oxygens (including phenoxy) is 2. The van der Waals surface area contributed by atoms with Crippen molar-refractivity contribution >= 4 is 38.7 Å². The van der Waals surface area contributed by atoms with Crippen molar-refractivity contribution in [2.24, 2.45) is 0 Å². The molecule has 0 aliphatic carbocycles. The molecule has 0 radical (unpaired) electrons. The van der Waals surface area contributed by atoms with Gasteiger partial charge < -0.3 is 25.0 Å². The number of carbonyl (C=O) groups is 1. The Morgan fingerprint density at radius 3 is 2.45 bits per heavy atom. The first-order valence-electron chi connectivity index (χ1n) is 19.2. The first-order valence-corrected chi connectivity index (χ1v) is 21.2. The molecule has 7 rings (SSSR count). The lowest BCUT2D eigenvalue weighted by molar-refractivity contribution is 0.102. The third kappa shape index (κ3) is 9.27. The number of pyridine rings is 1. The van der Waals surface area contributed by atoms with Gasteiger partial charge in [-0.05, 0) is 119 Å². The smallest absolute Gasteiger partial charge is 0.259 e. The quantitative estimate of drug-likeness (QED) is 0.111. The number of nitrogens with one attached hydrogen (secondary N) is 2. The minimum atomic E-state index is -3.01. The molecule has 3 aromatic heterocycles. The van der Waals surface area contributed by atoms with E-state index in [1.807, 2.05) is 55.6 Å². The Bertz CT molecular complexity index is 2540. The van der Waals surface area contributed by atoms with E-state index in [1.165, 1.54) is 12.3 Å². The molecule has 1 amide bonds. The largest absolute Gasteiger partial charge is 0.492 e. The van der Waals surface area contributed by atoms with E-state index in [9.17, 15) is 22.0 Å². The monoisotopic (exact) mass is 809 g/mol. The average Bonchev–Trinajstić information content (AvgIpc) is 3.59. The van der Waals surface area contributed by atoms with Crippen molar-refractivity contribution in [1.82, 2.24) is 24.3 Å². The molecule has 1 aliphatic heterocycles. The molecule has 3 aromatic carbocycles. The molecule has 58 heavy (non-hydrogen) atoms. The Hall–Kier alpha value is -5.93. The number of sulfone groups is 1. The van der Waals surface area contributed by atoms with Crippen molar-refractivity contribution in [3.63, 3.8) is 0 Å². The van der Waals surface area contributed by atoms with Gasteiger partial charge in [-0.1, -0.05) is 18.2 Å². The number of benzene rings is 3. The molecule has 12 nitrogen and oxygen atoms in total. The van der Waals surface area contributed by atoms with Gasteiger partial charge in [-0.2, -0.15) is 0 Å². The van der Waals surface area contributed by atoms with E-state index < -0.39 is 33.1 Å². The minimum absolute atomic E-state index is 0.0614. The highest BCUT2D eigenvalue weighted by Gasteiger charge is 2.25. The van der Waals surface area contributed by atoms with E-state index in [2.05, 4.69) is 32.7 Å². The van der Waals surface area contributed by atoms with Crippen LogP contribution in [-0.4, -0.2) is 82.9 Å². The molecule has 0 atom stereocenters. The van der Waals surface area contributed by atoms with E-state index in [0.717, 1.165) is 43.6 Å². The summed E-state index contributed by atoms with van der Waals surface area (Å²) >= 11 is 0. The van der Waals surface area contributed by atoms with Crippen LogP contribution >= 0.6 is 0 Å². The standard InChI is InChI=1S/C43H45F2N7O5S/c1-5-56-37-26-29(28-17-21-51(22-18-28)23-24-58(4,54)55)12-14-34(37)47-43-46-19-16-35(48-43)41-39(49-38-11-6-7-20-52(38)41)30-13-15-36(57-27(2)3)31(25-30)42(53)50-40-32(44)9-8-10-33(40)45/h6-16,19-20,25-28H,5,17-18,21-24H2,1-4H3,(H,50,53)(H,46,47,48). The van der Waals surface area contributed by atoms with Crippen LogP contribution in [0.15, 0.2) is 91.3 Å². The Morgan fingerprint density at radius 1 is 0.948 bits per heavy atom. The number of aromatic nitrogens is 4. The van der Waals surface area contributed by atoms with Gasteiger partial charge in [0.2, 0.25) is 5.95 Å². The molecular weight excluding hydrogens is 765 g/mol. The van der Waals surface area contributed by atoms with Crippen molar-refractivity contribution in [2.45, 2.75) is 45.6 Å². The zero-order valence-electron chi connectivity index (χ0n) is 32.7. The number of anilines is 3. The second-order valence-electron chi connectivity index (χ2n) is 14.5. The fraction of sp³-hybridized carbons (Fsp3) is 0.302. The number of carbonyl (C=O) groups excluding carboxylic acids is 1. The van der Waals surface area contributed by atoms with Gasteiger partial charge in [-0.15, -0.1) is 0 Å². The number of piperidine rings is 1. The number of para-hydroxylation sites is 1. The molecule has 0 saturated carbocycles. The number of halogens is 2. The van der Waals surface area contributed by atoms with Crippen LogP contribution in [0.25, 0.3) is 28.3 Å². The van der Waals surface area contributed by atoms with Crippen LogP contribution in [0.2, 0.25) is 0 Å². The lowest BCUT2D eigenvalue weighted by Gasteiger charge is -2.32. The van der Waals surface area contributed by atoms with Crippen LogP contribution < -0.4 is 20.1 Å². The molecule has 15 heteroatoms. The third-order valence-corrected chi connectivity index (χ3v) is 10.8. The number of nitrogens with zero attached hydrogens (tertiary/aromatic N) is 5. The maximum atomic E-state index is 14.6. The van der Waals surface area contributed by atoms with E-state index in [1.54, 1.807) is 30.5 Å². The van der Waals surface area contributed by atoms with Gasteiger partial charge in [0.15, 0.2) is 0 Å². The molecule has 4 heterocycles. The topological polar surface area (TPSA) is 140 Å². The Morgan fingerprint density at radius 2 is 1.72 bits per heavy atom. The first-order chi connectivity index (χ1) is 27.9. The molecule has 0 spiro atoms. The zero-order chi connectivity index (χ0) is 41.0. The van der Waals surface area contributed by atoms with Gasteiger partial charge in [-0.25, -0.2) is 32.2 Å². The van der Waals surface area contributed by atoms with Gasteiger partial charge in [0.1, 0.15) is 44.3 Å². The minimum Gasteiger partial charge on any atom is -0.492 e. The van der Waals surface area contributed by atoms with Crippen molar-refractivity contribution < 1.29 is 31.5 Å². The van der Waals surface area contributed by atoms with Crippen molar-refractivity contribution in [2.75, 3.05) is 48.9 Å². The summed E-state index contributed by atoms with van der Waals surface area (Å²) in [4.78, 5) is 30.3. The third-order valence-electron chi connectivity index (χ3n) is 9.88. The Balaban J connectivity index is 1.19. The molecule has 0 unspecified atom stereocenters. The maximum Gasteiger partial charge on any atom is 0.259 e. The van der Waals surface area contributed by atoms with E-state index in [4.69, 9.17) is 19.4 Å². The van der Waals surface area contributed by atoms with Crippen molar-refractivity contribution in [3.8, 4) is 34.1 Å². The summed E-state index contributed by atoms with van der Waals surface area (Å²) in [5.74, 6) is -0.882. The summed E-state index contributed by atoms with van der Waals surface area (Å²) in [5.41, 5.74) is 4.16. The van der Waals surface area contributed by atoms with Gasteiger partial charge in [0, 0.05) is 30.8 Å². The number of likely N-dealkylation sites (tertiary alicyclic amines) is 1. The lowest BCUT2D eigenvalue weighted by Crippen LogP contribution is -2.36. The highest BCUT2D eigenvalue weighted by molar-refractivity contribution is 7.90. The number of rotatable bonds is 14. The molecule has 1 aliphatic rings. The van der Waals surface area contributed by atoms with Crippen LogP contribution in [0.3, 0.4) is 0 Å². The van der Waals surface area contributed by atoms with E-state index >= 15 is 0 Å². The highest BCUT2D eigenvalue weighted by Crippen LogP contribution is 2.38. The first kappa shape index (κ1) is 40.3. The lowest BCUT2D eigenvalue weighted by atomic mass is 9.89. The summed E-state index contributed by atoms with van der Waals surface area (Å²) in [6.07, 6.45) is 6.32. The van der Waals surface area contributed by atoms with Crippen LogP contribution in [0.5, 0.6) is 11.5 Å². The fourth-order valence-electron chi connectivity index (χ4n) is 7.08. The van der Waals surface area contributed by atoms with Gasteiger partial charge in [-0.3, -0.25) is 9.20 Å². The predicted octanol–water partition coefficient (Wildman–Crippen LogP) is 8.14. The van der Waals surface area contributed by atoms with Gasteiger partial charge in [0.05, 0.1) is 46.8 Å². The van der Waals surface area contributed by atoms with Crippen LogP contribution in [0.1, 0.15) is 55.5 Å². The second-order valence-corrected chi connectivity index (χ2v) is 16.8. The number of hydrogen-bond acceptors (Lipinski definition) is 10. The zero-order valence-corrected chi connectivity index (χ0v) is 33.5. The number of hydrogen-bond donors (Lipinski definition) is 2. The number of amides is 1. The molecule has 302 valence electrons. The molecule has 6 aromatic rings. The summed E-state index contributed by atoms with van der Waals surface area (Å²) in [6, 6.07) is 21.8. The Labute approximate surface area is 336 Å². The van der Waals surface area contributed by atoms with Gasteiger partial charge in [0.25, 0.3) is 5.91 Å². The summed E-state index contributed by atoms with van der Waals surface area (Å²) in [6.45, 7) is 8.21. The van der Waals surface area contributed by atoms with E-state index in [-0.39, 0.29) is 23.2 Å². The maximum absolute atomic E-state index is 14.6. The van der Waals surface area contributed by atoms with Crippen LogP contribution in [-0.2, 0) is 9.84 Å². The van der Waals surface area contributed by atoms with E-state index in [0.29, 0.717) is 64.7 Å². The number of fused-ring (bicyclic) bond motifs is 1. The highest BCUT2D eigenvalue weighted by atomic mass is 32.2. The normalized spacial score (nSPS) is 13.8. The summed E-state index contributed by atoms with van der Waals surface area (Å²) < 4.78 is 66.5. The van der Waals surface area contributed by atoms with Crippen LogP contribution in [0.4, 0.5) is 26.1 Å². The Kier molecular flexibility index (Phi) is 12.0. The molecule has 0 bridgehead atoms. The predicted molar refractivity (Wildman–Crippen MR) is 221 cm³/mol. The summed E-state index contributed by atoms with van der Waals surface area (Å²) in [5, 5.41) is 5.73. The summed E-state index contributed by atoms with van der Waals surface area (Å²) in [7, 11) is -3.01. The molecular formula is C43H45F2N7O5S. The second kappa shape index (κ2) is 17.3. The fourth-order valence-corrected chi connectivity index (χ4v) is 7.67. The number of imidazole rings is 1. The van der Waals surface area contributed by atoms with Crippen molar-refractivity contribution in [3.05, 3.63) is 114 Å². The average molecular weight is 810 g/mol. The molecule has 2 N–H and O–H groups in total. The van der Waals surface area contributed by atoms with Crippen LogP contribution in [0, 0.1) is 11.6 Å². The molecule has 1 fully saturated rings. The van der Waals surface area contributed by atoms with Crippen molar-refractivity contribution in [1.29, 1.82) is 0 Å². The van der Waals surface area contributed by atoms with Gasteiger partial charge >= 0.3 is 0 Å². The molecule has 1 saturated heterocycles.